The van der Waals surface area contributed by atoms with Gasteiger partial charge < -0.3 is 10.2 Å². The van der Waals surface area contributed by atoms with E-state index in [4.69, 9.17) is 0 Å². The normalized spacial score (nSPS) is 12.1. The summed E-state index contributed by atoms with van der Waals surface area (Å²) in [7, 11) is -1.49. The molecule has 0 bridgehead atoms. The summed E-state index contributed by atoms with van der Waals surface area (Å²) in [6.45, 7) is 8.02. The maximum atomic E-state index is 12.3. The highest BCUT2D eigenvalue weighted by molar-refractivity contribution is 7.89. The minimum Gasteiger partial charge on any atom is -0.369 e. The SMILES string of the molecule is CCNc1ncccc1S(=O)(=O)NCCCN(C)C(C)C. The average molecular weight is 314 g/mol. The van der Waals surface area contributed by atoms with Gasteiger partial charge in [-0.1, -0.05) is 0 Å². The molecule has 0 fully saturated rings. The summed E-state index contributed by atoms with van der Waals surface area (Å²) in [6, 6.07) is 3.65. The van der Waals surface area contributed by atoms with Crippen LogP contribution in [0.3, 0.4) is 0 Å². The second-order valence-electron chi connectivity index (χ2n) is 5.21. The average Bonchev–Trinajstić information content (AvgIpc) is 2.44. The zero-order valence-electron chi connectivity index (χ0n) is 13.3. The van der Waals surface area contributed by atoms with Gasteiger partial charge in [0.2, 0.25) is 10.0 Å². The fourth-order valence-electron chi connectivity index (χ4n) is 1.78. The largest absolute Gasteiger partial charge is 0.369 e. The molecule has 0 unspecified atom stereocenters. The molecule has 120 valence electrons. The zero-order chi connectivity index (χ0) is 15.9. The molecule has 0 radical (unpaired) electrons. The van der Waals surface area contributed by atoms with Crippen molar-refractivity contribution in [2.75, 3.05) is 32.0 Å². The third kappa shape index (κ3) is 5.61. The van der Waals surface area contributed by atoms with Gasteiger partial charge >= 0.3 is 0 Å². The van der Waals surface area contributed by atoms with Gasteiger partial charge in [-0.05, 0) is 52.9 Å². The summed E-state index contributed by atoms with van der Waals surface area (Å²) in [6.07, 6.45) is 2.35. The Bertz CT molecular complexity index is 532. The molecular formula is C14H26N4O2S. The highest BCUT2D eigenvalue weighted by atomic mass is 32.2. The first-order chi connectivity index (χ1) is 9.88. The molecule has 0 saturated heterocycles. The molecule has 1 aromatic rings. The first-order valence-electron chi connectivity index (χ1n) is 7.27. The Kier molecular flexibility index (Phi) is 7.07. The third-order valence-electron chi connectivity index (χ3n) is 3.27. The first kappa shape index (κ1) is 17.9. The number of nitrogens with zero attached hydrogens (tertiary/aromatic N) is 2. The highest BCUT2D eigenvalue weighted by Crippen LogP contribution is 2.17. The fourth-order valence-corrected chi connectivity index (χ4v) is 2.98. The van der Waals surface area contributed by atoms with Gasteiger partial charge in [0.25, 0.3) is 0 Å². The molecule has 7 heteroatoms. The molecule has 21 heavy (non-hydrogen) atoms. The summed E-state index contributed by atoms with van der Waals surface area (Å²) in [5.41, 5.74) is 0. The molecule has 0 saturated carbocycles. The molecule has 1 rings (SSSR count). The Morgan fingerprint density at radius 2 is 2.10 bits per heavy atom. The van der Waals surface area contributed by atoms with E-state index in [1.54, 1.807) is 18.3 Å². The van der Waals surface area contributed by atoms with Crippen LogP contribution in [0, 0.1) is 0 Å². The molecule has 1 heterocycles. The van der Waals surface area contributed by atoms with Crippen molar-refractivity contribution in [3.8, 4) is 0 Å². The van der Waals surface area contributed by atoms with Crippen molar-refractivity contribution in [2.24, 2.45) is 0 Å². The van der Waals surface area contributed by atoms with Crippen molar-refractivity contribution in [1.82, 2.24) is 14.6 Å². The number of hydrogen-bond donors (Lipinski definition) is 2. The van der Waals surface area contributed by atoms with E-state index in [0.29, 0.717) is 24.9 Å². The van der Waals surface area contributed by atoms with E-state index in [0.717, 1.165) is 13.0 Å². The van der Waals surface area contributed by atoms with E-state index in [2.05, 4.69) is 33.8 Å². The highest BCUT2D eigenvalue weighted by Gasteiger charge is 2.18. The molecule has 0 spiro atoms. The van der Waals surface area contributed by atoms with Crippen molar-refractivity contribution in [3.63, 3.8) is 0 Å². The number of rotatable bonds is 9. The predicted molar refractivity (Wildman–Crippen MR) is 86.0 cm³/mol. The number of pyridine rings is 1. The van der Waals surface area contributed by atoms with E-state index in [9.17, 15) is 8.42 Å². The van der Waals surface area contributed by atoms with E-state index in [-0.39, 0.29) is 4.90 Å². The number of anilines is 1. The second kappa shape index (κ2) is 8.31. The second-order valence-corrected chi connectivity index (χ2v) is 6.94. The van der Waals surface area contributed by atoms with Crippen molar-refractivity contribution < 1.29 is 8.42 Å². The zero-order valence-corrected chi connectivity index (χ0v) is 14.1. The van der Waals surface area contributed by atoms with Crippen LogP contribution in [0.2, 0.25) is 0 Å². The number of aromatic nitrogens is 1. The lowest BCUT2D eigenvalue weighted by Gasteiger charge is -2.20. The van der Waals surface area contributed by atoms with Gasteiger partial charge in [-0.25, -0.2) is 18.1 Å². The minimum atomic E-state index is -3.52. The summed E-state index contributed by atoms with van der Waals surface area (Å²) in [4.78, 5) is 6.46. The molecule has 0 aliphatic carbocycles. The van der Waals surface area contributed by atoms with Crippen molar-refractivity contribution in [1.29, 1.82) is 0 Å². The predicted octanol–water partition coefficient (Wildman–Crippen LogP) is 1.52. The molecule has 0 aromatic carbocycles. The molecule has 0 atom stereocenters. The van der Waals surface area contributed by atoms with Crippen molar-refractivity contribution in [3.05, 3.63) is 18.3 Å². The van der Waals surface area contributed by atoms with E-state index in [1.165, 1.54) is 0 Å². The Hall–Kier alpha value is -1.18. The number of nitrogens with one attached hydrogen (secondary N) is 2. The van der Waals surface area contributed by atoms with Crippen molar-refractivity contribution in [2.45, 2.75) is 38.1 Å². The van der Waals surface area contributed by atoms with Gasteiger partial charge in [-0.2, -0.15) is 0 Å². The van der Waals surface area contributed by atoms with Gasteiger partial charge in [0.05, 0.1) is 0 Å². The van der Waals surface area contributed by atoms with Crippen molar-refractivity contribution >= 4 is 15.8 Å². The van der Waals surface area contributed by atoms with Gasteiger partial charge in [0, 0.05) is 25.3 Å². The molecular weight excluding hydrogens is 288 g/mol. The quantitative estimate of drug-likeness (QED) is 0.676. The van der Waals surface area contributed by atoms with Crippen LogP contribution in [-0.2, 0) is 10.0 Å². The molecule has 1 aromatic heterocycles. The van der Waals surface area contributed by atoms with E-state index < -0.39 is 10.0 Å². The smallest absolute Gasteiger partial charge is 0.244 e. The lowest BCUT2D eigenvalue weighted by atomic mass is 10.3. The van der Waals surface area contributed by atoms with Crippen LogP contribution in [0.15, 0.2) is 23.2 Å². The topological polar surface area (TPSA) is 74.3 Å². The molecule has 0 aliphatic heterocycles. The van der Waals surface area contributed by atoms with Crippen LogP contribution in [0.4, 0.5) is 5.82 Å². The van der Waals surface area contributed by atoms with Gasteiger partial charge in [-0.15, -0.1) is 0 Å². The van der Waals surface area contributed by atoms with Crippen LogP contribution in [-0.4, -0.2) is 51.0 Å². The molecule has 0 amide bonds. The van der Waals surface area contributed by atoms with Crippen LogP contribution < -0.4 is 10.0 Å². The summed E-state index contributed by atoms with van der Waals surface area (Å²) < 4.78 is 27.2. The Morgan fingerprint density at radius 3 is 2.71 bits per heavy atom. The standard InChI is InChI=1S/C14H26N4O2S/c1-5-15-14-13(8-6-9-16-14)21(19,20)17-10-7-11-18(4)12(2)3/h6,8-9,12,17H,5,7,10-11H2,1-4H3,(H,15,16). The molecule has 2 N–H and O–H groups in total. The lowest BCUT2D eigenvalue weighted by Crippen LogP contribution is -2.31. The third-order valence-corrected chi connectivity index (χ3v) is 4.76. The fraction of sp³-hybridized carbons (Fsp3) is 0.643. The van der Waals surface area contributed by atoms with Gasteiger partial charge in [0.1, 0.15) is 10.7 Å². The number of sulfonamides is 1. The minimum absolute atomic E-state index is 0.198. The van der Waals surface area contributed by atoms with E-state index >= 15 is 0 Å². The Morgan fingerprint density at radius 1 is 1.38 bits per heavy atom. The lowest BCUT2D eigenvalue weighted by molar-refractivity contribution is 0.271. The first-order valence-corrected chi connectivity index (χ1v) is 8.75. The summed E-state index contributed by atoms with van der Waals surface area (Å²) in [5, 5.41) is 2.97. The Balaban J connectivity index is 2.62. The van der Waals surface area contributed by atoms with Gasteiger partial charge in [0.15, 0.2) is 0 Å². The maximum Gasteiger partial charge on any atom is 0.244 e. The number of hydrogen-bond acceptors (Lipinski definition) is 5. The van der Waals surface area contributed by atoms with Crippen LogP contribution >= 0.6 is 0 Å². The molecule has 6 nitrogen and oxygen atoms in total. The molecule has 0 aliphatic rings. The van der Waals surface area contributed by atoms with Gasteiger partial charge in [-0.3, -0.25) is 0 Å². The van der Waals surface area contributed by atoms with E-state index in [1.807, 2.05) is 14.0 Å². The summed E-state index contributed by atoms with van der Waals surface area (Å²) >= 11 is 0. The van der Waals surface area contributed by atoms with Crippen LogP contribution in [0.5, 0.6) is 0 Å². The van der Waals surface area contributed by atoms with Crippen LogP contribution in [0.25, 0.3) is 0 Å². The maximum absolute atomic E-state index is 12.3. The van der Waals surface area contributed by atoms with Crippen LogP contribution in [0.1, 0.15) is 27.2 Å². The summed E-state index contributed by atoms with van der Waals surface area (Å²) in [5.74, 6) is 0.395. The Labute approximate surface area is 128 Å². The monoisotopic (exact) mass is 314 g/mol.